The third kappa shape index (κ3) is 3.44. The standard InChI is InChI=1S/C12H15BrF2O/c1-3-8(4-2)7-16-11-6-9(13)5-10(14)12(11)15/h5-6,8H,3-4,7H2,1-2H3. The van der Waals surface area contributed by atoms with Crippen molar-refractivity contribution in [2.45, 2.75) is 26.7 Å². The second-order valence-corrected chi connectivity index (χ2v) is 4.61. The summed E-state index contributed by atoms with van der Waals surface area (Å²) in [5, 5.41) is 0. The number of hydrogen-bond acceptors (Lipinski definition) is 1. The molecule has 0 bridgehead atoms. The van der Waals surface area contributed by atoms with E-state index in [-0.39, 0.29) is 5.75 Å². The zero-order valence-corrected chi connectivity index (χ0v) is 11.0. The van der Waals surface area contributed by atoms with E-state index in [4.69, 9.17) is 4.74 Å². The highest BCUT2D eigenvalue weighted by Crippen LogP contribution is 2.26. The van der Waals surface area contributed by atoms with Gasteiger partial charge in [-0.3, -0.25) is 0 Å². The fourth-order valence-electron chi connectivity index (χ4n) is 1.37. The van der Waals surface area contributed by atoms with Gasteiger partial charge in [0, 0.05) is 4.47 Å². The van der Waals surface area contributed by atoms with Crippen LogP contribution in [0.3, 0.4) is 0 Å². The fraction of sp³-hybridized carbons (Fsp3) is 0.500. The molecule has 90 valence electrons. The largest absolute Gasteiger partial charge is 0.490 e. The Morgan fingerprint density at radius 1 is 1.25 bits per heavy atom. The molecule has 1 aromatic rings. The quantitative estimate of drug-likeness (QED) is 0.724. The minimum Gasteiger partial charge on any atom is -0.490 e. The molecular formula is C12H15BrF2O. The molecule has 16 heavy (non-hydrogen) atoms. The Morgan fingerprint density at radius 2 is 1.88 bits per heavy atom. The number of rotatable bonds is 5. The first-order valence-electron chi connectivity index (χ1n) is 5.35. The van der Waals surface area contributed by atoms with Gasteiger partial charge < -0.3 is 4.74 Å². The Labute approximate surface area is 103 Å². The van der Waals surface area contributed by atoms with Crippen molar-refractivity contribution in [1.29, 1.82) is 0 Å². The normalized spacial score (nSPS) is 10.9. The number of benzene rings is 1. The summed E-state index contributed by atoms with van der Waals surface area (Å²) in [5.41, 5.74) is 0. The molecule has 0 radical (unpaired) electrons. The highest BCUT2D eigenvalue weighted by molar-refractivity contribution is 9.10. The van der Waals surface area contributed by atoms with Gasteiger partial charge in [0.2, 0.25) is 5.82 Å². The van der Waals surface area contributed by atoms with Crippen molar-refractivity contribution >= 4 is 15.9 Å². The summed E-state index contributed by atoms with van der Waals surface area (Å²) in [6, 6.07) is 2.53. The van der Waals surface area contributed by atoms with Crippen LogP contribution in [0.4, 0.5) is 8.78 Å². The zero-order valence-electron chi connectivity index (χ0n) is 9.40. The maximum atomic E-state index is 13.3. The van der Waals surface area contributed by atoms with Crippen molar-refractivity contribution in [3.05, 3.63) is 28.2 Å². The van der Waals surface area contributed by atoms with Crippen LogP contribution < -0.4 is 4.74 Å². The molecule has 0 heterocycles. The van der Waals surface area contributed by atoms with Gasteiger partial charge in [-0.1, -0.05) is 42.6 Å². The van der Waals surface area contributed by atoms with Crippen LogP contribution >= 0.6 is 15.9 Å². The van der Waals surface area contributed by atoms with Gasteiger partial charge in [-0.15, -0.1) is 0 Å². The monoisotopic (exact) mass is 292 g/mol. The van der Waals surface area contributed by atoms with E-state index < -0.39 is 11.6 Å². The van der Waals surface area contributed by atoms with Crippen LogP contribution in [0.2, 0.25) is 0 Å². The fourth-order valence-corrected chi connectivity index (χ4v) is 1.78. The molecular weight excluding hydrogens is 278 g/mol. The SMILES string of the molecule is CCC(CC)COc1cc(Br)cc(F)c1F. The molecule has 1 nitrogen and oxygen atoms in total. The third-order valence-electron chi connectivity index (χ3n) is 2.59. The molecule has 0 saturated carbocycles. The lowest BCUT2D eigenvalue weighted by Gasteiger charge is -2.14. The summed E-state index contributed by atoms with van der Waals surface area (Å²) in [4.78, 5) is 0. The van der Waals surface area contributed by atoms with E-state index in [2.05, 4.69) is 29.8 Å². The van der Waals surface area contributed by atoms with E-state index in [1.54, 1.807) is 0 Å². The van der Waals surface area contributed by atoms with Crippen LogP contribution in [0.1, 0.15) is 26.7 Å². The van der Waals surface area contributed by atoms with E-state index in [9.17, 15) is 8.78 Å². The Kier molecular flexibility index (Phi) is 5.19. The van der Waals surface area contributed by atoms with Crippen molar-refractivity contribution < 1.29 is 13.5 Å². The van der Waals surface area contributed by atoms with Crippen molar-refractivity contribution in [1.82, 2.24) is 0 Å². The summed E-state index contributed by atoms with van der Waals surface area (Å²) < 4.78 is 32.1. The minimum atomic E-state index is -0.922. The average molecular weight is 293 g/mol. The molecule has 0 spiro atoms. The average Bonchev–Trinajstić information content (AvgIpc) is 2.26. The van der Waals surface area contributed by atoms with Crippen LogP contribution in [-0.2, 0) is 0 Å². The summed E-state index contributed by atoms with van der Waals surface area (Å²) in [7, 11) is 0. The van der Waals surface area contributed by atoms with Crippen molar-refractivity contribution in [3.8, 4) is 5.75 Å². The highest BCUT2D eigenvalue weighted by atomic mass is 79.9. The van der Waals surface area contributed by atoms with Crippen molar-refractivity contribution in [3.63, 3.8) is 0 Å². The topological polar surface area (TPSA) is 9.23 Å². The maximum Gasteiger partial charge on any atom is 0.200 e. The molecule has 0 aliphatic rings. The van der Waals surface area contributed by atoms with Gasteiger partial charge >= 0.3 is 0 Å². The Hall–Kier alpha value is -0.640. The number of ether oxygens (including phenoxy) is 1. The van der Waals surface area contributed by atoms with Crippen LogP contribution in [0.15, 0.2) is 16.6 Å². The van der Waals surface area contributed by atoms with Gasteiger partial charge in [-0.25, -0.2) is 4.39 Å². The Balaban J connectivity index is 2.73. The predicted octanol–water partition coefficient (Wildman–Crippen LogP) is 4.54. The van der Waals surface area contributed by atoms with E-state index in [1.165, 1.54) is 6.07 Å². The number of halogens is 3. The minimum absolute atomic E-state index is 0.0289. The van der Waals surface area contributed by atoms with Gasteiger partial charge in [0.1, 0.15) is 0 Å². The molecule has 0 aliphatic heterocycles. The Morgan fingerprint density at radius 3 is 2.44 bits per heavy atom. The van der Waals surface area contributed by atoms with Gasteiger partial charge in [0.15, 0.2) is 11.6 Å². The molecule has 0 saturated heterocycles. The van der Waals surface area contributed by atoms with E-state index in [0.717, 1.165) is 18.9 Å². The molecule has 0 fully saturated rings. The lowest BCUT2D eigenvalue weighted by atomic mass is 10.1. The van der Waals surface area contributed by atoms with E-state index >= 15 is 0 Å². The zero-order chi connectivity index (χ0) is 12.1. The molecule has 1 rings (SSSR count). The molecule has 1 aromatic carbocycles. The van der Waals surface area contributed by atoms with Crippen molar-refractivity contribution in [2.24, 2.45) is 5.92 Å². The lowest BCUT2D eigenvalue weighted by Crippen LogP contribution is -2.11. The highest BCUT2D eigenvalue weighted by Gasteiger charge is 2.12. The van der Waals surface area contributed by atoms with Gasteiger partial charge in [0.05, 0.1) is 6.61 Å². The van der Waals surface area contributed by atoms with Gasteiger partial charge in [-0.05, 0) is 18.1 Å². The van der Waals surface area contributed by atoms with Crippen molar-refractivity contribution in [2.75, 3.05) is 6.61 Å². The second-order valence-electron chi connectivity index (χ2n) is 3.69. The van der Waals surface area contributed by atoms with Gasteiger partial charge in [-0.2, -0.15) is 4.39 Å². The lowest BCUT2D eigenvalue weighted by molar-refractivity contribution is 0.228. The van der Waals surface area contributed by atoms with Crippen LogP contribution in [0.25, 0.3) is 0 Å². The first kappa shape index (κ1) is 13.4. The van der Waals surface area contributed by atoms with Gasteiger partial charge in [0.25, 0.3) is 0 Å². The van der Waals surface area contributed by atoms with E-state index in [1.807, 2.05) is 0 Å². The molecule has 0 aliphatic carbocycles. The third-order valence-corrected chi connectivity index (χ3v) is 3.05. The molecule has 4 heteroatoms. The summed E-state index contributed by atoms with van der Waals surface area (Å²) in [5.74, 6) is -1.47. The number of hydrogen-bond donors (Lipinski definition) is 0. The second kappa shape index (κ2) is 6.18. The molecule has 0 amide bonds. The molecule has 0 N–H and O–H groups in total. The Bertz CT molecular complexity index is 351. The molecule has 0 unspecified atom stereocenters. The first-order chi connectivity index (χ1) is 7.58. The molecule has 0 aromatic heterocycles. The molecule has 0 atom stereocenters. The maximum absolute atomic E-state index is 13.3. The van der Waals surface area contributed by atoms with Crippen LogP contribution in [0, 0.1) is 17.6 Å². The predicted molar refractivity (Wildman–Crippen MR) is 63.6 cm³/mol. The summed E-state index contributed by atoms with van der Waals surface area (Å²) >= 11 is 3.10. The first-order valence-corrected chi connectivity index (χ1v) is 6.15. The summed E-state index contributed by atoms with van der Waals surface area (Å²) in [6.45, 7) is 4.52. The summed E-state index contributed by atoms with van der Waals surface area (Å²) in [6.07, 6.45) is 1.93. The van der Waals surface area contributed by atoms with E-state index in [0.29, 0.717) is 17.0 Å². The van der Waals surface area contributed by atoms with Crippen LogP contribution in [-0.4, -0.2) is 6.61 Å². The smallest absolute Gasteiger partial charge is 0.200 e. The van der Waals surface area contributed by atoms with Crippen LogP contribution in [0.5, 0.6) is 5.75 Å².